The van der Waals surface area contributed by atoms with Crippen LogP contribution in [0.2, 0.25) is 10.0 Å². The Labute approximate surface area is 105 Å². The van der Waals surface area contributed by atoms with Crippen molar-refractivity contribution in [1.82, 2.24) is 4.98 Å². The van der Waals surface area contributed by atoms with E-state index in [-0.39, 0.29) is 0 Å². The molecule has 0 aliphatic rings. The van der Waals surface area contributed by atoms with Gasteiger partial charge in [0.1, 0.15) is 5.75 Å². The minimum atomic E-state index is 0.520. The van der Waals surface area contributed by atoms with Crippen LogP contribution in [0.1, 0.15) is 0 Å². The molecule has 0 saturated heterocycles. The zero-order chi connectivity index (χ0) is 11.0. The van der Waals surface area contributed by atoms with Crippen molar-refractivity contribution in [1.29, 1.82) is 0 Å². The second-order valence-corrected chi connectivity index (χ2v) is 4.56. The number of ether oxygens (including phenoxy) is 1. The third-order valence-electron chi connectivity index (χ3n) is 2.03. The number of methoxy groups -OCH3 is 1. The standard InChI is InChI=1S/C10H6BrCl2NO/c1-15-9-3-8-5(2-7(9)12)10(13)6(11)4-14-8/h2-4H,1H3. The van der Waals surface area contributed by atoms with Crippen LogP contribution >= 0.6 is 39.1 Å². The van der Waals surface area contributed by atoms with Crippen molar-refractivity contribution in [3.63, 3.8) is 0 Å². The summed E-state index contributed by atoms with van der Waals surface area (Å²) in [6, 6.07) is 3.51. The first kappa shape index (κ1) is 11.0. The Morgan fingerprint density at radius 3 is 2.73 bits per heavy atom. The topological polar surface area (TPSA) is 22.1 Å². The molecule has 0 N–H and O–H groups in total. The maximum absolute atomic E-state index is 6.11. The van der Waals surface area contributed by atoms with E-state index in [1.54, 1.807) is 25.4 Å². The molecule has 15 heavy (non-hydrogen) atoms. The summed E-state index contributed by atoms with van der Waals surface area (Å²) < 4.78 is 5.84. The van der Waals surface area contributed by atoms with Crippen molar-refractivity contribution in [2.24, 2.45) is 0 Å². The van der Waals surface area contributed by atoms with E-state index in [9.17, 15) is 0 Å². The van der Waals surface area contributed by atoms with Gasteiger partial charge in [-0.2, -0.15) is 0 Å². The molecule has 0 aliphatic heterocycles. The van der Waals surface area contributed by atoms with Gasteiger partial charge in [-0.05, 0) is 22.0 Å². The number of halogens is 3. The first-order chi connectivity index (χ1) is 7.13. The molecule has 2 rings (SSSR count). The molecule has 2 aromatic rings. The van der Waals surface area contributed by atoms with Crippen LogP contribution in [0.15, 0.2) is 22.8 Å². The van der Waals surface area contributed by atoms with E-state index in [0.717, 1.165) is 15.4 Å². The summed E-state index contributed by atoms with van der Waals surface area (Å²) in [5.74, 6) is 0.593. The highest BCUT2D eigenvalue weighted by atomic mass is 79.9. The van der Waals surface area contributed by atoms with Crippen LogP contribution in [0.25, 0.3) is 10.9 Å². The number of benzene rings is 1. The van der Waals surface area contributed by atoms with Gasteiger partial charge in [0.15, 0.2) is 0 Å². The highest BCUT2D eigenvalue weighted by Crippen LogP contribution is 2.35. The number of rotatable bonds is 1. The van der Waals surface area contributed by atoms with Gasteiger partial charge in [0.2, 0.25) is 0 Å². The molecular weight excluding hydrogens is 301 g/mol. The number of aromatic nitrogens is 1. The summed E-state index contributed by atoms with van der Waals surface area (Å²) in [7, 11) is 1.56. The molecule has 1 aromatic carbocycles. The fourth-order valence-electron chi connectivity index (χ4n) is 1.29. The minimum absolute atomic E-state index is 0.520. The minimum Gasteiger partial charge on any atom is -0.495 e. The second kappa shape index (κ2) is 4.16. The van der Waals surface area contributed by atoms with Gasteiger partial charge >= 0.3 is 0 Å². The Morgan fingerprint density at radius 2 is 2.07 bits per heavy atom. The van der Waals surface area contributed by atoms with Gasteiger partial charge in [-0.1, -0.05) is 23.2 Å². The molecule has 0 atom stereocenters. The van der Waals surface area contributed by atoms with E-state index in [4.69, 9.17) is 27.9 Å². The average Bonchev–Trinajstić information content (AvgIpc) is 2.24. The third kappa shape index (κ3) is 1.92. The van der Waals surface area contributed by atoms with Crippen molar-refractivity contribution in [3.8, 4) is 5.75 Å². The van der Waals surface area contributed by atoms with Crippen molar-refractivity contribution < 1.29 is 4.74 Å². The molecule has 1 aromatic heterocycles. The molecular formula is C10H6BrCl2NO. The van der Waals surface area contributed by atoms with Gasteiger partial charge in [0, 0.05) is 17.6 Å². The molecule has 0 amide bonds. The Morgan fingerprint density at radius 1 is 1.33 bits per heavy atom. The predicted molar refractivity (Wildman–Crippen MR) is 66.0 cm³/mol. The molecule has 0 bridgehead atoms. The molecule has 0 aliphatic carbocycles. The predicted octanol–water partition coefficient (Wildman–Crippen LogP) is 4.31. The monoisotopic (exact) mass is 305 g/mol. The van der Waals surface area contributed by atoms with Crippen LogP contribution in [0, 0.1) is 0 Å². The van der Waals surface area contributed by atoms with Crippen LogP contribution in [-0.4, -0.2) is 12.1 Å². The summed E-state index contributed by atoms with van der Waals surface area (Å²) in [6.45, 7) is 0. The largest absolute Gasteiger partial charge is 0.495 e. The number of pyridine rings is 1. The van der Waals surface area contributed by atoms with Crippen LogP contribution in [0.5, 0.6) is 5.75 Å². The van der Waals surface area contributed by atoms with E-state index in [1.807, 2.05) is 0 Å². The molecule has 0 unspecified atom stereocenters. The number of fused-ring (bicyclic) bond motifs is 1. The van der Waals surface area contributed by atoms with E-state index < -0.39 is 0 Å². The van der Waals surface area contributed by atoms with E-state index in [1.165, 1.54) is 0 Å². The van der Waals surface area contributed by atoms with Gasteiger partial charge in [0.05, 0.1) is 27.1 Å². The molecule has 5 heteroatoms. The first-order valence-electron chi connectivity index (χ1n) is 4.10. The smallest absolute Gasteiger partial charge is 0.139 e. The van der Waals surface area contributed by atoms with Gasteiger partial charge in [-0.3, -0.25) is 4.98 Å². The maximum Gasteiger partial charge on any atom is 0.139 e. The fourth-order valence-corrected chi connectivity index (χ4v) is 2.05. The lowest BCUT2D eigenvalue weighted by atomic mass is 10.2. The number of hydrogen-bond acceptors (Lipinski definition) is 2. The highest BCUT2D eigenvalue weighted by Gasteiger charge is 2.09. The average molecular weight is 307 g/mol. The molecule has 0 saturated carbocycles. The Bertz CT molecular complexity index is 530. The first-order valence-corrected chi connectivity index (χ1v) is 5.65. The normalized spacial score (nSPS) is 10.7. The van der Waals surface area contributed by atoms with Gasteiger partial charge < -0.3 is 4.74 Å². The highest BCUT2D eigenvalue weighted by molar-refractivity contribution is 9.10. The Balaban J connectivity index is 2.81. The van der Waals surface area contributed by atoms with Crippen LogP contribution in [-0.2, 0) is 0 Å². The lowest BCUT2D eigenvalue weighted by molar-refractivity contribution is 0.415. The molecule has 0 radical (unpaired) electrons. The Hall–Kier alpha value is -0.510. The summed E-state index contributed by atoms with van der Waals surface area (Å²) in [5, 5.41) is 1.92. The van der Waals surface area contributed by atoms with Gasteiger partial charge in [-0.15, -0.1) is 0 Å². The zero-order valence-electron chi connectivity index (χ0n) is 7.72. The van der Waals surface area contributed by atoms with Crippen LogP contribution < -0.4 is 4.74 Å². The SMILES string of the molecule is COc1cc2ncc(Br)c(Cl)c2cc1Cl. The summed E-state index contributed by atoms with van der Waals surface area (Å²) in [4.78, 5) is 4.22. The quantitative estimate of drug-likeness (QED) is 0.783. The lowest BCUT2D eigenvalue weighted by Gasteiger charge is -2.06. The second-order valence-electron chi connectivity index (χ2n) is 2.92. The van der Waals surface area contributed by atoms with Crippen LogP contribution in [0.4, 0.5) is 0 Å². The van der Waals surface area contributed by atoms with Crippen molar-refractivity contribution in [3.05, 3.63) is 32.8 Å². The van der Waals surface area contributed by atoms with Crippen molar-refractivity contribution >= 4 is 50.0 Å². The third-order valence-corrected chi connectivity index (χ3v) is 3.57. The summed E-state index contributed by atoms with van der Waals surface area (Å²) in [6.07, 6.45) is 1.65. The summed E-state index contributed by atoms with van der Waals surface area (Å²) >= 11 is 15.4. The van der Waals surface area contributed by atoms with Crippen molar-refractivity contribution in [2.45, 2.75) is 0 Å². The van der Waals surface area contributed by atoms with Crippen molar-refractivity contribution in [2.75, 3.05) is 7.11 Å². The number of nitrogens with zero attached hydrogens (tertiary/aromatic N) is 1. The zero-order valence-corrected chi connectivity index (χ0v) is 10.8. The van der Waals surface area contributed by atoms with Gasteiger partial charge in [0.25, 0.3) is 0 Å². The van der Waals surface area contributed by atoms with E-state index in [2.05, 4.69) is 20.9 Å². The number of hydrogen-bond donors (Lipinski definition) is 0. The van der Waals surface area contributed by atoms with Gasteiger partial charge in [-0.25, -0.2) is 0 Å². The van der Waals surface area contributed by atoms with E-state index >= 15 is 0 Å². The van der Waals surface area contributed by atoms with E-state index in [0.29, 0.717) is 15.8 Å². The molecule has 0 spiro atoms. The molecule has 2 nitrogen and oxygen atoms in total. The summed E-state index contributed by atoms with van der Waals surface area (Å²) in [5.41, 5.74) is 0.754. The molecule has 78 valence electrons. The lowest BCUT2D eigenvalue weighted by Crippen LogP contribution is -1.87. The molecule has 1 heterocycles. The van der Waals surface area contributed by atoms with Crippen LogP contribution in [0.3, 0.4) is 0 Å². The molecule has 0 fully saturated rings. The Kier molecular flexibility index (Phi) is 3.05. The fraction of sp³-hybridized carbons (Fsp3) is 0.100. The maximum atomic E-state index is 6.11.